The minimum absolute atomic E-state index is 0.00944. The number of benzene rings is 1. The first-order chi connectivity index (χ1) is 9.95. The molecule has 0 spiro atoms. The Morgan fingerprint density at radius 1 is 1.29 bits per heavy atom. The summed E-state index contributed by atoms with van der Waals surface area (Å²) in [7, 11) is 0. The number of nitrogens with one attached hydrogen (secondary N) is 1. The molecule has 0 unspecified atom stereocenters. The first-order valence-electron chi connectivity index (χ1n) is 6.45. The molecule has 1 N–H and O–H groups in total. The monoisotopic (exact) mass is 293 g/mol. The number of halogens is 3. The molecule has 0 amide bonds. The van der Waals surface area contributed by atoms with Gasteiger partial charge in [-0.3, -0.25) is 0 Å². The van der Waals surface area contributed by atoms with Gasteiger partial charge in [0.05, 0.1) is 23.7 Å². The topological polar surface area (TPSA) is 40.8 Å². The summed E-state index contributed by atoms with van der Waals surface area (Å²) in [5.74, 6) is 0. The Kier molecular flexibility index (Phi) is 4.22. The molecule has 6 heteroatoms. The highest BCUT2D eigenvalue weighted by Crippen LogP contribution is 2.35. The van der Waals surface area contributed by atoms with E-state index in [9.17, 15) is 13.2 Å². The van der Waals surface area contributed by atoms with Crippen LogP contribution in [0.15, 0.2) is 36.5 Å². The van der Waals surface area contributed by atoms with Crippen molar-refractivity contribution in [2.24, 2.45) is 0 Å². The van der Waals surface area contributed by atoms with Crippen molar-refractivity contribution in [3.05, 3.63) is 53.3 Å². The predicted octanol–water partition coefficient (Wildman–Crippen LogP) is 4.01. The lowest BCUT2D eigenvalue weighted by Gasteiger charge is -2.15. The van der Waals surface area contributed by atoms with E-state index in [1.54, 1.807) is 6.07 Å². The van der Waals surface area contributed by atoms with Crippen LogP contribution in [0.25, 0.3) is 0 Å². The lowest BCUT2D eigenvalue weighted by atomic mass is 10.1. The minimum atomic E-state index is -4.50. The minimum Gasteiger partial charge on any atom is -0.379 e. The Morgan fingerprint density at radius 2 is 2.05 bits per heavy atom. The fourth-order valence-corrected chi connectivity index (χ4v) is 2.11. The van der Waals surface area contributed by atoms with Crippen LogP contribution < -0.4 is 5.32 Å². The van der Waals surface area contributed by atoms with E-state index in [1.165, 1.54) is 12.1 Å². The molecule has 1 heterocycles. The van der Waals surface area contributed by atoms with E-state index >= 15 is 0 Å². The number of hydrogen-bond acceptors (Lipinski definition) is 2. The van der Waals surface area contributed by atoms with Crippen molar-refractivity contribution in [3.63, 3.8) is 0 Å². The van der Waals surface area contributed by atoms with Gasteiger partial charge in [0.2, 0.25) is 0 Å². The molecule has 21 heavy (non-hydrogen) atoms. The van der Waals surface area contributed by atoms with Crippen molar-refractivity contribution in [2.45, 2.75) is 26.2 Å². The Hall–Kier alpha value is -2.42. The quantitative estimate of drug-likeness (QED) is 0.925. The second-order valence-corrected chi connectivity index (χ2v) is 4.51. The van der Waals surface area contributed by atoms with Crippen LogP contribution >= 0.6 is 0 Å². The number of nitriles is 1. The molecular weight excluding hydrogens is 279 g/mol. The lowest BCUT2D eigenvalue weighted by molar-refractivity contribution is -0.137. The number of aryl methyl sites for hydroxylation is 1. The molecule has 0 saturated heterocycles. The molecule has 2 aromatic rings. The molecule has 1 aromatic heterocycles. The van der Waals surface area contributed by atoms with Crippen molar-refractivity contribution in [2.75, 3.05) is 5.32 Å². The predicted molar refractivity (Wildman–Crippen MR) is 73.6 cm³/mol. The van der Waals surface area contributed by atoms with Crippen LogP contribution in [0.1, 0.15) is 23.7 Å². The SMILES string of the molecule is CCn1cccc1CNc1ccc(C#N)cc1C(F)(F)F. The summed E-state index contributed by atoms with van der Waals surface area (Å²) in [5.41, 5.74) is 0.0429. The normalized spacial score (nSPS) is 11.2. The van der Waals surface area contributed by atoms with E-state index in [0.717, 1.165) is 18.3 Å². The Balaban J connectivity index is 2.26. The van der Waals surface area contributed by atoms with Crippen molar-refractivity contribution in [3.8, 4) is 6.07 Å². The first kappa shape index (κ1) is 15.0. The molecule has 110 valence electrons. The second-order valence-electron chi connectivity index (χ2n) is 4.51. The maximum atomic E-state index is 13.0. The van der Waals surface area contributed by atoms with E-state index in [-0.39, 0.29) is 17.8 Å². The van der Waals surface area contributed by atoms with Gasteiger partial charge < -0.3 is 9.88 Å². The van der Waals surface area contributed by atoms with Crippen LogP contribution in [0.2, 0.25) is 0 Å². The number of hydrogen-bond donors (Lipinski definition) is 1. The maximum absolute atomic E-state index is 13.0. The van der Waals surface area contributed by atoms with Gasteiger partial charge in [-0.2, -0.15) is 18.4 Å². The van der Waals surface area contributed by atoms with E-state index in [4.69, 9.17) is 5.26 Å². The van der Waals surface area contributed by atoms with Gasteiger partial charge in [0.15, 0.2) is 0 Å². The maximum Gasteiger partial charge on any atom is 0.418 e. The zero-order valence-corrected chi connectivity index (χ0v) is 11.4. The van der Waals surface area contributed by atoms with E-state index in [1.807, 2.05) is 29.8 Å². The van der Waals surface area contributed by atoms with Crippen LogP contribution in [-0.2, 0) is 19.3 Å². The van der Waals surface area contributed by atoms with E-state index in [0.29, 0.717) is 0 Å². The largest absolute Gasteiger partial charge is 0.418 e. The van der Waals surface area contributed by atoms with Crippen molar-refractivity contribution < 1.29 is 13.2 Å². The molecule has 3 nitrogen and oxygen atoms in total. The third-order valence-corrected chi connectivity index (χ3v) is 3.18. The fourth-order valence-electron chi connectivity index (χ4n) is 2.11. The zero-order chi connectivity index (χ0) is 15.5. The van der Waals surface area contributed by atoms with Crippen LogP contribution in [0.5, 0.6) is 0 Å². The first-order valence-corrected chi connectivity index (χ1v) is 6.45. The molecule has 0 atom stereocenters. The molecule has 0 fully saturated rings. The number of nitrogens with zero attached hydrogens (tertiary/aromatic N) is 2. The number of anilines is 1. The highest BCUT2D eigenvalue weighted by atomic mass is 19.4. The summed E-state index contributed by atoms with van der Waals surface area (Å²) < 4.78 is 41.0. The summed E-state index contributed by atoms with van der Waals surface area (Å²) in [4.78, 5) is 0. The van der Waals surface area contributed by atoms with Crippen molar-refractivity contribution in [1.29, 1.82) is 5.26 Å². The molecule has 0 aliphatic carbocycles. The van der Waals surface area contributed by atoms with Gasteiger partial charge >= 0.3 is 6.18 Å². The molecule has 2 rings (SSSR count). The van der Waals surface area contributed by atoms with Crippen LogP contribution in [0.3, 0.4) is 0 Å². The third-order valence-electron chi connectivity index (χ3n) is 3.18. The Morgan fingerprint density at radius 3 is 2.67 bits per heavy atom. The summed E-state index contributed by atoms with van der Waals surface area (Å²) in [6, 6.07) is 8.95. The van der Waals surface area contributed by atoms with Crippen molar-refractivity contribution >= 4 is 5.69 Å². The molecule has 0 aliphatic heterocycles. The summed E-state index contributed by atoms with van der Waals surface area (Å²) in [6.07, 6.45) is -2.62. The Labute approximate surface area is 120 Å². The van der Waals surface area contributed by atoms with Gasteiger partial charge in [0, 0.05) is 24.1 Å². The van der Waals surface area contributed by atoms with Crippen molar-refractivity contribution in [1.82, 2.24) is 4.57 Å². The number of alkyl halides is 3. The number of aromatic nitrogens is 1. The lowest BCUT2D eigenvalue weighted by Crippen LogP contribution is -2.12. The summed E-state index contributed by atoms with van der Waals surface area (Å²) >= 11 is 0. The molecular formula is C15H14F3N3. The highest BCUT2D eigenvalue weighted by Gasteiger charge is 2.33. The molecule has 1 aromatic carbocycles. The average molecular weight is 293 g/mol. The van der Waals surface area contributed by atoms with Crippen LogP contribution in [0.4, 0.5) is 18.9 Å². The zero-order valence-electron chi connectivity index (χ0n) is 11.4. The van der Waals surface area contributed by atoms with Gasteiger partial charge in [-0.15, -0.1) is 0 Å². The average Bonchev–Trinajstić information content (AvgIpc) is 2.91. The van der Waals surface area contributed by atoms with E-state index < -0.39 is 11.7 Å². The van der Waals surface area contributed by atoms with Crippen LogP contribution in [-0.4, -0.2) is 4.57 Å². The summed E-state index contributed by atoms with van der Waals surface area (Å²) in [6.45, 7) is 3.01. The van der Waals surface area contributed by atoms with Gasteiger partial charge in [0.1, 0.15) is 0 Å². The number of rotatable bonds is 4. The van der Waals surface area contributed by atoms with Gasteiger partial charge in [-0.05, 0) is 37.3 Å². The summed E-state index contributed by atoms with van der Waals surface area (Å²) in [5, 5.41) is 11.5. The molecule has 0 radical (unpaired) electrons. The molecule has 0 saturated carbocycles. The second kappa shape index (κ2) is 5.92. The molecule has 0 aliphatic rings. The standard InChI is InChI=1S/C15H14F3N3/c1-2-21-7-3-4-12(21)10-20-14-6-5-11(9-19)8-13(14)15(16,17)18/h3-8,20H,2,10H2,1H3. The Bertz CT molecular complexity index is 666. The van der Waals surface area contributed by atoms with Crippen LogP contribution in [0, 0.1) is 11.3 Å². The van der Waals surface area contributed by atoms with Gasteiger partial charge in [-0.1, -0.05) is 0 Å². The van der Waals surface area contributed by atoms with Gasteiger partial charge in [-0.25, -0.2) is 0 Å². The third kappa shape index (κ3) is 3.37. The smallest absolute Gasteiger partial charge is 0.379 e. The fraction of sp³-hybridized carbons (Fsp3) is 0.267. The highest BCUT2D eigenvalue weighted by molar-refractivity contribution is 5.56. The molecule has 0 bridgehead atoms. The van der Waals surface area contributed by atoms with E-state index in [2.05, 4.69) is 5.32 Å². The van der Waals surface area contributed by atoms with Gasteiger partial charge in [0.25, 0.3) is 0 Å².